The van der Waals surface area contributed by atoms with Crippen molar-refractivity contribution in [3.8, 4) is 0 Å². The van der Waals surface area contributed by atoms with Gasteiger partial charge in [-0.25, -0.2) is 0 Å². The summed E-state index contributed by atoms with van der Waals surface area (Å²) < 4.78 is 0.785. The zero-order valence-corrected chi connectivity index (χ0v) is 12.2. The summed E-state index contributed by atoms with van der Waals surface area (Å²) >= 11 is 3.39. The molecule has 0 saturated heterocycles. The van der Waals surface area contributed by atoms with Gasteiger partial charge in [0.1, 0.15) is 0 Å². The van der Waals surface area contributed by atoms with Crippen LogP contribution >= 0.6 is 15.9 Å². The Balaban J connectivity index is 2.04. The molecule has 3 N–H and O–H groups in total. The first-order valence-corrected chi connectivity index (χ1v) is 7.23. The van der Waals surface area contributed by atoms with Crippen molar-refractivity contribution < 1.29 is 4.79 Å². The molecular formula is C14H19BrN2O. The van der Waals surface area contributed by atoms with Crippen LogP contribution < -0.4 is 11.1 Å². The fourth-order valence-electron chi connectivity index (χ4n) is 2.58. The zero-order chi connectivity index (χ0) is 13.1. The first kappa shape index (κ1) is 13.4. The van der Waals surface area contributed by atoms with Crippen molar-refractivity contribution in [1.82, 2.24) is 5.32 Å². The Labute approximate surface area is 116 Å². The molecule has 0 bridgehead atoms. The molecule has 0 spiro atoms. The second kappa shape index (κ2) is 5.74. The van der Waals surface area contributed by atoms with Gasteiger partial charge in [-0.2, -0.15) is 0 Å². The molecule has 3 nitrogen and oxygen atoms in total. The van der Waals surface area contributed by atoms with E-state index in [0.29, 0.717) is 17.2 Å². The second-order valence-electron chi connectivity index (χ2n) is 5.05. The minimum Gasteiger partial charge on any atom is -0.399 e. The molecule has 1 aliphatic rings. The van der Waals surface area contributed by atoms with E-state index in [1.807, 2.05) is 6.07 Å². The minimum atomic E-state index is -0.0476. The van der Waals surface area contributed by atoms with E-state index in [1.54, 1.807) is 12.1 Å². The second-order valence-corrected chi connectivity index (χ2v) is 5.90. The summed E-state index contributed by atoms with van der Waals surface area (Å²) in [5, 5.41) is 3.08. The number of amides is 1. The number of carbonyl (C=O) groups is 1. The van der Waals surface area contributed by atoms with Gasteiger partial charge in [0.2, 0.25) is 0 Å². The van der Waals surface area contributed by atoms with Gasteiger partial charge in [-0.3, -0.25) is 4.79 Å². The van der Waals surface area contributed by atoms with Crippen LogP contribution in [0.3, 0.4) is 0 Å². The van der Waals surface area contributed by atoms with Crippen LogP contribution in [0, 0.1) is 5.92 Å². The number of hydrogen-bond donors (Lipinski definition) is 2. The molecule has 0 aromatic heterocycles. The lowest BCUT2D eigenvalue weighted by atomic mass is 9.99. The maximum absolute atomic E-state index is 12.2. The molecule has 2 rings (SSSR count). The van der Waals surface area contributed by atoms with E-state index in [1.165, 1.54) is 25.7 Å². The normalized spacial score (nSPS) is 17.7. The molecule has 1 fully saturated rings. The smallest absolute Gasteiger partial charge is 0.252 e. The lowest BCUT2D eigenvalue weighted by Crippen LogP contribution is -2.37. The molecule has 1 amide bonds. The molecule has 98 valence electrons. The molecule has 1 aromatic rings. The van der Waals surface area contributed by atoms with Gasteiger partial charge in [0.05, 0.1) is 5.56 Å². The Kier molecular flexibility index (Phi) is 4.27. The van der Waals surface area contributed by atoms with Crippen LogP contribution in [-0.2, 0) is 0 Å². The molecule has 1 aromatic carbocycles. The maximum Gasteiger partial charge on any atom is 0.252 e. The number of anilines is 1. The maximum atomic E-state index is 12.2. The number of nitrogen functional groups attached to an aromatic ring is 1. The number of carbonyl (C=O) groups excluding carboxylic acids is 1. The average Bonchev–Trinajstić information content (AvgIpc) is 2.85. The number of nitrogens with one attached hydrogen (secondary N) is 1. The Morgan fingerprint density at radius 2 is 2.11 bits per heavy atom. The van der Waals surface area contributed by atoms with E-state index < -0.39 is 0 Å². The van der Waals surface area contributed by atoms with E-state index in [-0.39, 0.29) is 11.9 Å². The molecule has 18 heavy (non-hydrogen) atoms. The van der Waals surface area contributed by atoms with E-state index >= 15 is 0 Å². The van der Waals surface area contributed by atoms with Crippen LogP contribution in [-0.4, -0.2) is 11.9 Å². The SMILES string of the molecule is CC(NC(=O)c1cc(N)ccc1Br)C1CCCC1. The van der Waals surface area contributed by atoms with Gasteiger partial charge in [0.25, 0.3) is 5.91 Å². The van der Waals surface area contributed by atoms with E-state index in [9.17, 15) is 4.79 Å². The number of hydrogen-bond acceptors (Lipinski definition) is 2. The van der Waals surface area contributed by atoms with Crippen molar-refractivity contribution in [2.45, 2.75) is 38.6 Å². The Morgan fingerprint density at radius 3 is 2.78 bits per heavy atom. The lowest BCUT2D eigenvalue weighted by Gasteiger charge is -2.20. The Bertz CT molecular complexity index is 441. The van der Waals surface area contributed by atoms with Crippen molar-refractivity contribution in [2.75, 3.05) is 5.73 Å². The summed E-state index contributed by atoms with van der Waals surface area (Å²) in [5.41, 5.74) is 6.94. The molecule has 0 radical (unpaired) electrons. The molecule has 0 aliphatic heterocycles. The number of nitrogens with two attached hydrogens (primary N) is 1. The lowest BCUT2D eigenvalue weighted by molar-refractivity contribution is 0.0926. The highest BCUT2D eigenvalue weighted by Crippen LogP contribution is 2.28. The summed E-state index contributed by atoms with van der Waals surface area (Å²) in [6.45, 7) is 2.09. The summed E-state index contributed by atoms with van der Waals surface area (Å²) in [5.74, 6) is 0.572. The third-order valence-corrected chi connectivity index (χ3v) is 4.39. The quantitative estimate of drug-likeness (QED) is 0.841. The standard InChI is InChI=1S/C14H19BrN2O/c1-9(10-4-2-3-5-10)17-14(18)12-8-11(16)6-7-13(12)15/h6-10H,2-5,16H2,1H3,(H,17,18). The summed E-state index contributed by atoms with van der Waals surface area (Å²) in [6.07, 6.45) is 5.01. The summed E-state index contributed by atoms with van der Waals surface area (Å²) in [7, 11) is 0. The van der Waals surface area contributed by atoms with Crippen LogP contribution in [0.25, 0.3) is 0 Å². The highest BCUT2D eigenvalue weighted by atomic mass is 79.9. The van der Waals surface area contributed by atoms with Crippen molar-refractivity contribution in [3.63, 3.8) is 0 Å². The topological polar surface area (TPSA) is 55.1 Å². The van der Waals surface area contributed by atoms with E-state index in [4.69, 9.17) is 5.73 Å². The number of halogens is 1. The summed E-state index contributed by atoms with van der Waals surface area (Å²) in [4.78, 5) is 12.2. The zero-order valence-electron chi connectivity index (χ0n) is 10.6. The van der Waals surface area contributed by atoms with Crippen LogP contribution in [0.1, 0.15) is 43.0 Å². The average molecular weight is 311 g/mol. The molecule has 1 atom stereocenters. The predicted octanol–water partition coefficient (Wildman–Crippen LogP) is 3.34. The number of benzene rings is 1. The van der Waals surface area contributed by atoms with Gasteiger partial charge >= 0.3 is 0 Å². The molecule has 1 aliphatic carbocycles. The Hall–Kier alpha value is -1.03. The van der Waals surface area contributed by atoms with Crippen molar-refractivity contribution >= 4 is 27.5 Å². The molecule has 1 unspecified atom stereocenters. The van der Waals surface area contributed by atoms with E-state index in [0.717, 1.165) is 4.47 Å². The van der Waals surface area contributed by atoms with Crippen LogP contribution in [0.2, 0.25) is 0 Å². The fourth-order valence-corrected chi connectivity index (χ4v) is 3.00. The molecule has 1 saturated carbocycles. The third-order valence-electron chi connectivity index (χ3n) is 3.70. The highest BCUT2D eigenvalue weighted by molar-refractivity contribution is 9.10. The first-order valence-electron chi connectivity index (χ1n) is 6.44. The van der Waals surface area contributed by atoms with Gasteiger partial charge in [0.15, 0.2) is 0 Å². The van der Waals surface area contributed by atoms with Crippen molar-refractivity contribution in [3.05, 3.63) is 28.2 Å². The van der Waals surface area contributed by atoms with Gasteiger partial charge in [-0.1, -0.05) is 12.8 Å². The van der Waals surface area contributed by atoms with Crippen molar-refractivity contribution in [2.24, 2.45) is 5.92 Å². The van der Waals surface area contributed by atoms with Gasteiger partial charge in [-0.15, -0.1) is 0 Å². The minimum absolute atomic E-state index is 0.0476. The van der Waals surface area contributed by atoms with Gasteiger partial charge in [0, 0.05) is 16.2 Å². The molecular weight excluding hydrogens is 292 g/mol. The van der Waals surface area contributed by atoms with Crippen LogP contribution in [0.15, 0.2) is 22.7 Å². The fraction of sp³-hybridized carbons (Fsp3) is 0.500. The predicted molar refractivity (Wildman–Crippen MR) is 77.4 cm³/mol. The third kappa shape index (κ3) is 3.05. The summed E-state index contributed by atoms with van der Waals surface area (Å²) in [6, 6.07) is 5.53. The van der Waals surface area contributed by atoms with E-state index in [2.05, 4.69) is 28.2 Å². The van der Waals surface area contributed by atoms with Gasteiger partial charge < -0.3 is 11.1 Å². The number of rotatable bonds is 3. The van der Waals surface area contributed by atoms with Crippen LogP contribution in [0.5, 0.6) is 0 Å². The van der Waals surface area contributed by atoms with Crippen LogP contribution in [0.4, 0.5) is 5.69 Å². The molecule has 0 heterocycles. The Morgan fingerprint density at radius 1 is 1.44 bits per heavy atom. The first-order chi connectivity index (χ1) is 8.58. The monoisotopic (exact) mass is 310 g/mol. The molecule has 4 heteroatoms. The highest BCUT2D eigenvalue weighted by Gasteiger charge is 2.23. The van der Waals surface area contributed by atoms with Gasteiger partial charge in [-0.05, 0) is 59.8 Å². The largest absolute Gasteiger partial charge is 0.399 e. The van der Waals surface area contributed by atoms with Crippen molar-refractivity contribution in [1.29, 1.82) is 0 Å².